The van der Waals surface area contributed by atoms with Crippen molar-refractivity contribution in [3.8, 4) is 11.5 Å². The first-order valence-electron chi connectivity index (χ1n) is 5.56. The number of hydrogen-bond donors (Lipinski definition) is 1. The van der Waals surface area contributed by atoms with Gasteiger partial charge in [0.1, 0.15) is 5.69 Å². The van der Waals surface area contributed by atoms with Crippen molar-refractivity contribution in [2.45, 2.75) is 19.5 Å². The number of nitrogens with two attached hydrogens (primary N) is 1. The average molecular weight is 269 g/mol. The van der Waals surface area contributed by atoms with Crippen LogP contribution in [-0.2, 0) is 6.54 Å². The predicted octanol–water partition coefficient (Wildman–Crippen LogP) is 1.21. The third-order valence-electron chi connectivity index (χ3n) is 2.84. The van der Waals surface area contributed by atoms with E-state index in [1.165, 1.54) is 0 Å². The minimum Gasteiger partial charge on any atom is -0.493 e. The zero-order chi connectivity index (χ0) is 13.7. The van der Waals surface area contributed by atoms with Crippen LogP contribution in [0.1, 0.15) is 12.6 Å². The van der Waals surface area contributed by atoms with Crippen LogP contribution in [0.5, 0.6) is 11.5 Å². The molecule has 0 radical (unpaired) electrons. The SMILES string of the molecule is COc1ccnc(CN(C)C(C)C(N)=S)c1OC. The van der Waals surface area contributed by atoms with Crippen LogP contribution in [0.2, 0.25) is 0 Å². The second kappa shape index (κ2) is 6.51. The molecule has 1 unspecified atom stereocenters. The minimum absolute atomic E-state index is 0.00212. The predicted molar refractivity (Wildman–Crippen MR) is 75.1 cm³/mol. The molecule has 1 aromatic rings. The number of likely N-dealkylation sites (N-methyl/N-ethyl adjacent to an activating group) is 1. The van der Waals surface area contributed by atoms with Crippen LogP contribution >= 0.6 is 12.2 Å². The lowest BCUT2D eigenvalue weighted by Crippen LogP contribution is -2.38. The highest BCUT2D eigenvalue weighted by atomic mass is 32.1. The van der Waals surface area contributed by atoms with Crippen molar-refractivity contribution >= 4 is 17.2 Å². The summed E-state index contributed by atoms with van der Waals surface area (Å²) in [5, 5.41) is 0. The second-order valence-corrected chi connectivity index (χ2v) is 4.46. The van der Waals surface area contributed by atoms with Gasteiger partial charge in [-0.25, -0.2) is 0 Å². The Hall–Kier alpha value is -1.40. The van der Waals surface area contributed by atoms with Crippen LogP contribution in [0.4, 0.5) is 0 Å². The van der Waals surface area contributed by atoms with E-state index in [9.17, 15) is 0 Å². The number of pyridine rings is 1. The Kier molecular flexibility index (Phi) is 5.30. The fourth-order valence-electron chi connectivity index (χ4n) is 1.55. The summed E-state index contributed by atoms with van der Waals surface area (Å²) in [7, 11) is 5.13. The van der Waals surface area contributed by atoms with E-state index in [0.717, 1.165) is 5.69 Å². The van der Waals surface area contributed by atoms with Crippen molar-refractivity contribution in [1.82, 2.24) is 9.88 Å². The van der Waals surface area contributed by atoms with E-state index in [1.54, 1.807) is 26.5 Å². The highest BCUT2D eigenvalue weighted by molar-refractivity contribution is 7.80. The van der Waals surface area contributed by atoms with E-state index in [1.807, 2.05) is 18.9 Å². The van der Waals surface area contributed by atoms with Crippen LogP contribution in [0.15, 0.2) is 12.3 Å². The maximum absolute atomic E-state index is 5.63. The number of nitrogens with zero attached hydrogens (tertiary/aromatic N) is 2. The minimum atomic E-state index is -0.00212. The molecule has 0 saturated heterocycles. The molecule has 1 heterocycles. The van der Waals surface area contributed by atoms with E-state index in [0.29, 0.717) is 23.0 Å². The van der Waals surface area contributed by atoms with Crippen molar-refractivity contribution in [2.24, 2.45) is 5.73 Å². The molecule has 0 spiro atoms. The number of rotatable bonds is 6. The number of ether oxygens (including phenoxy) is 2. The molecule has 0 aromatic carbocycles. The summed E-state index contributed by atoms with van der Waals surface area (Å²) in [6.45, 7) is 2.54. The first-order chi connectivity index (χ1) is 8.51. The number of thiocarbonyl (C=S) groups is 1. The number of aromatic nitrogens is 1. The molecular formula is C12H19N3O2S. The molecule has 18 heavy (non-hydrogen) atoms. The maximum atomic E-state index is 5.63. The summed E-state index contributed by atoms with van der Waals surface area (Å²) >= 11 is 4.98. The molecule has 1 rings (SSSR count). The van der Waals surface area contributed by atoms with E-state index < -0.39 is 0 Å². The molecule has 100 valence electrons. The molecule has 1 atom stereocenters. The molecule has 0 fully saturated rings. The zero-order valence-electron chi connectivity index (χ0n) is 11.1. The van der Waals surface area contributed by atoms with Crippen LogP contribution in [0, 0.1) is 0 Å². The number of hydrogen-bond acceptors (Lipinski definition) is 5. The fraction of sp³-hybridized carbons (Fsp3) is 0.500. The second-order valence-electron chi connectivity index (χ2n) is 3.99. The van der Waals surface area contributed by atoms with Gasteiger partial charge in [0, 0.05) is 18.8 Å². The largest absolute Gasteiger partial charge is 0.493 e. The monoisotopic (exact) mass is 269 g/mol. The van der Waals surface area contributed by atoms with Gasteiger partial charge in [0.05, 0.1) is 25.2 Å². The van der Waals surface area contributed by atoms with E-state index in [4.69, 9.17) is 27.4 Å². The van der Waals surface area contributed by atoms with Gasteiger partial charge in [-0.3, -0.25) is 9.88 Å². The Balaban J connectivity index is 2.93. The van der Waals surface area contributed by atoms with Crippen molar-refractivity contribution in [2.75, 3.05) is 21.3 Å². The zero-order valence-corrected chi connectivity index (χ0v) is 12.0. The first kappa shape index (κ1) is 14.7. The third-order valence-corrected chi connectivity index (χ3v) is 3.18. The van der Waals surface area contributed by atoms with Gasteiger partial charge in [0.15, 0.2) is 11.5 Å². The van der Waals surface area contributed by atoms with Crippen LogP contribution in [0.25, 0.3) is 0 Å². The Morgan fingerprint density at radius 2 is 2.17 bits per heavy atom. The van der Waals surface area contributed by atoms with E-state index in [2.05, 4.69) is 4.98 Å². The molecule has 0 amide bonds. The van der Waals surface area contributed by atoms with Gasteiger partial charge >= 0.3 is 0 Å². The highest BCUT2D eigenvalue weighted by Gasteiger charge is 2.17. The molecule has 2 N–H and O–H groups in total. The highest BCUT2D eigenvalue weighted by Crippen LogP contribution is 2.29. The average Bonchev–Trinajstić information content (AvgIpc) is 2.37. The lowest BCUT2D eigenvalue weighted by molar-refractivity contribution is 0.287. The molecule has 0 saturated carbocycles. The van der Waals surface area contributed by atoms with Crippen LogP contribution in [-0.4, -0.2) is 42.2 Å². The Morgan fingerprint density at radius 3 is 2.67 bits per heavy atom. The topological polar surface area (TPSA) is 60.6 Å². The van der Waals surface area contributed by atoms with Crippen LogP contribution < -0.4 is 15.2 Å². The lowest BCUT2D eigenvalue weighted by atomic mass is 10.2. The first-order valence-corrected chi connectivity index (χ1v) is 5.97. The van der Waals surface area contributed by atoms with Gasteiger partial charge in [-0.05, 0) is 14.0 Å². The van der Waals surface area contributed by atoms with Crippen molar-refractivity contribution in [3.63, 3.8) is 0 Å². The molecule has 0 aliphatic carbocycles. The maximum Gasteiger partial charge on any atom is 0.183 e. The fourth-order valence-corrected chi connectivity index (χ4v) is 1.73. The van der Waals surface area contributed by atoms with E-state index in [-0.39, 0.29) is 6.04 Å². The summed E-state index contributed by atoms with van der Waals surface area (Å²) < 4.78 is 10.6. The summed E-state index contributed by atoms with van der Waals surface area (Å²) in [5.41, 5.74) is 6.42. The molecule has 0 aliphatic heterocycles. The Bertz CT molecular complexity index is 426. The third kappa shape index (κ3) is 3.30. The van der Waals surface area contributed by atoms with Gasteiger partial charge in [0.2, 0.25) is 0 Å². The summed E-state index contributed by atoms with van der Waals surface area (Å²) in [6, 6.07) is 1.76. The molecule has 1 aromatic heterocycles. The van der Waals surface area contributed by atoms with Crippen molar-refractivity contribution in [3.05, 3.63) is 18.0 Å². The van der Waals surface area contributed by atoms with Gasteiger partial charge in [-0.1, -0.05) is 12.2 Å². The van der Waals surface area contributed by atoms with Crippen LogP contribution in [0.3, 0.4) is 0 Å². The van der Waals surface area contributed by atoms with Gasteiger partial charge in [-0.15, -0.1) is 0 Å². The quantitative estimate of drug-likeness (QED) is 0.783. The molecule has 0 bridgehead atoms. The summed E-state index contributed by atoms with van der Waals surface area (Å²) in [6.07, 6.45) is 1.69. The molecule has 6 heteroatoms. The molecule has 5 nitrogen and oxygen atoms in total. The number of methoxy groups -OCH3 is 2. The van der Waals surface area contributed by atoms with Crippen molar-refractivity contribution < 1.29 is 9.47 Å². The van der Waals surface area contributed by atoms with Gasteiger partial charge < -0.3 is 15.2 Å². The standard InChI is InChI=1S/C12H19N3O2S/c1-8(12(13)18)15(2)7-9-11(17-4)10(16-3)5-6-14-9/h5-6,8H,7H2,1-4H3,(H2,13,18). The summed E-state index contributed by atoms with van der Waals surface area (Å²) in [4.78, 5) is 6.77. The molecule has 0 aliphatic rings. The van der Waals surface area contributed by atoms with Gasteiger partial charge in [0.25, 0.3) is 0 Å². The van der Waals surface area contributed by atoms with E-state index >= 15 is 0 Å². The van der Waals surface area contributed by atoms with Gasteiger partial charge in [-0.2, -0.15) is 0 Å². The smallest absolute Gasteiger partial charge is 0.183 e. The lowest BCUT2D eigenvalue weighted by Gasteiger charge is -2.24. The molecular weight excluding hydrogens is 250 g/mol. The Morgan fingerprint density at radius 1 is 1.50 bits per heavy atom. The summed E-state index contributed by atoms with van der Waals surface area (Å²) in [5.74, 6) is 1.31. The normalized spacial score (nSPS) is 12.3. The Labute approximate surface area is 113 Å². The van der Waals surface area contributed by atoms with Crippen molar-refractivity contribution in [1.29, 1.82) is 0 Å².